The Morgan fingerprint density at radius 2 is 1.72 bits per heavy atom. The second-order valence-corrected chi connectivity index (χ2v) is 8.68. The fourth-order valence-corrected chi connectivity index (χ4v) is 5.13. The summed E-state index contributed by atoms with van der Waals surface area (Å²) in [6, 6.07) is 25.7. The molecule has 3 aromatic carbocycles. The van der Waals surface area contributed by atoms with E-state index in [9.17, 15) is 4.79 Å². The van der Waals surface area contributed by atoms with Gasteiger partial charge in [0.2, 0.25) is 0 Å². The highest BCUT2D eigenvalue weighted by atomic mass is 32.1. The molecule has 0 aliphatic carbocycles. The van der Waals surface area contributed by atoms with E-state index in [1.165, 1.54) is 11.3 Å². The van der Waals surface area contributed by atoms with Crippen LogP contribution in [-0.2, 0) is 6.54 Å². The monoisotopic (exact) mass is 432 g/mol. The number of fused-ring (bicyclic) bond motifs is 4. The second kappa shape index (κ2) is 7.19. The zero-order valence-corrected chi connectivity index (χ0v) is 17.7. The van der Waals surface area contributed by atoms with Gasteiger partial charge in [-0.15, -0.1) is 0 Å². The van der Waals surface area contributed by atoms with Gasteiger partial charge in [-0.05, 0) is 42.0 Å². The SMILES string of the molecule is N#Cc1ccc(Cn2cc(/C=c3/sc4nc5ccccc5n4c3=O)c3ccccc32)cc1. The molecule has 0 N–H and O–H groups in total. The maximum Gasteiger partial charge on any atom is 0.274 e. The molecule has 5 nitrogen and oxygen atoms in total. The van der Waals surface area contributed by atoms with E-state index >= 15 is 0 Å². The standard InChI is InChI=1S/C26H16N4OS/c27-14-17-9-11-18(12-10-17)15-29-16-19(20-5-1-3-7-22(20)29)13-24-25(31)30-23-8-4-2-6-21(23)28-26(30)32-24/h1-13,16H,15H2/b24-13+. The van der Waals surface area contributed by atoms with Gasteiger partial charge in [-0.2, -0.15) is 5.26 Å². The lowest BCUT2D eigenvalue weighted by Gasteiger charge is -2.05. The summed E-state index contributed by atoms with van der Waals surface area (Å²) in [5, 5.41) is 10.1. The van der Waals surface area contributed by atoms with E-state index in [2.05, 4.69) is 33.9 Å². The van der Waals surface area contributed by atoms with Crippen molar-refractivity contribution in [3.63, 3.8) is 0 Å². The van der Waals surface area contributed by atoms with Gasteiger partial charge in [-0.3, -0.25) is 4.79 Å². The largest absolute Gasteiger partial charge is 0.342 e. The lowest BCUT2D eigenvalue weighted by Crippen LogP contribution is -2.22. The van der Waals surface area contributed by atoms with Crippen molar-refractivity contribution < 1.29 is 0 Å². The lowest BCUT2D eigenvalue weighted by molar-refractivity contribution is 0.836. The van der Waals surface area contributed by atoms with Gasteiger partial charge in [0.05, 0.1) is 27.2 Å². The Morgan fingerprint density at radius 1 is 0.969 bits per heavy atom. The first-order valence-electron chi connectivity index (χ1n) is 10.2. The third-order valence-corrected chi connectivity index (χ3v) is 6.66. The van der Waals surface area contributed by atoms with Gasteiger partial charge < -0.3 is 4.57 Å². The first kappa shape index (κ1) is 18.6. The molecule has 3 aromatic heterocycles. The van der Waals surface area contributed by atoms with Crippen LogP contribution in [0.25, 0.3) is 33.0 Å². The Balaban J connectivity index is 1.50. The maximum atomic E-state index is 13.2. The van der Waals surface area contributed by atoms with Crippen LogP contribution in [-0.4, -0.2) is 14.0 Å². The van der Waals surface area contributed by atoms with Crippen molar-refractivity contribution in [2.45, 2.75) is 6.54 Å². The van der Waals surface area contributed by atoms with Crippen LogP contribution in [0.2, 0.25) is 0 Å². The Hall–Kier alpha value is -4.21. The summed E-state index contributed by atoms with van der Waals surface area (Å²) >= 11 is 1.41. The van der Waals surface area contributed by atoms with E-state index < -0.39 is 0 Å². The second-order valence-electron chi connectivity index (χ2n) is 7.67. The number of nitrogens with zero attached hydrogens (tertiary/aromatic N) is 4. The molecule has 152 valence electrons. The van der Waals surface area contributed by atoms with E-state index in [-0.39, 0.29) is 5.56 Å². The lowest BCUT2D eigenvalue weighted by atomic mass is 10.1. The van der Waals surface area contributed by atoms with Crippen LogP contribution >= 0.6 is 11.3 Å². The molecule has 6 aromatic rings. The summed E-state index contributed by atoms with van der Waals surface area (Å²) < 4.78 is 4.54. The predicted octanol–water partition coefficient (Wildman–Crippen LogP) is 4.33. The molecular formula is C26H16N4OS. The fourth-order valence-electron chi connectivity index (χ4n) is 4.16. The molecule has 0 radical (unpaired) electrons. The van der Waals surface area contributed by atoms with Crippen molar-refractivity contribution in [2.24, 2.45) is 0 Å². The molecule has 0 spiro atoms. The highest BCUT2D eigenvalue weighted by molar-refractivity contribution is 7.15. The number of aromatic nitrogens is 3. The van der Waals surface area contributed by atoms with Gasteiger partial charge in [0.15, 0.2) is 4.96 Å². The van der Waals surface area contributed by atoms with E-state index in [4.69, 9.17) is 5.26 Å². The molecule has 32 heavy (non-hydrogen) atoms. The molecule has 0 unspecified atom stereocenters. The van der Waals surface area contributed by atoms with Gasteiger partial charge in [-0.25, -0.2) is 9.38 Å². The van der Waals surface area contributed by atoms with Crippen molar-refractivity contribution in [2.75, 3.05) is 0 Å². The smallest absolute Gasteiger partial charge is 0.274 e. The zero-order valence-electron chi connectivity index (χ0n) is 16.9. The minimum absolute atomic E-state index is 0.0392. The third kappa shape index (κ3) is 2.91. The molecular weight excluding hydrogens is 416 g/mol. The molecule has 0 saturated heterocycles. The molecule has 3 heterocycles. The van der Waals surface area contributed by atoms with Crippen LogP contribution < -0.4 is 10.1 Å². The number of hydrogen-bond donors (Lipinski definition) is 0. The first-order chi connectivity index (χ1) is 15.7. The van der Waals surface area contributed by atoms with Crippen LogP contribution in [0.4, 0.5) is 0 Å². The number of imidazole rings is 1. The van der Waals surface area contributed by atoms with Crippen LogP contribution in [0.3, 0.4) is 0 Å². The molecule has 6 rings (SSSR count). The Bertz CT molecular complexity index is 1780. The van der Waals surface area contributed by atoms with Crippen molar-refractivity contribution in [3.05, 3.63) is 111 Å². The van der Waals surface area contributed by atoms with Crippen molar-refractivity contribution >= 4 is 44.3 Å². The average Bonchev–Trinajstić information content (AvgIpc) is 3.46. The van der Waals surface area contributed by atoms with Gasteiger partial charge in [-0.1, -0.05) is 53.8 Å². The fraction of sp³-hybridized carbons (Fsp3) is 0.0385. The summed E-state index contributed by atoms with van der Waals surface area (Å²) in [5.41, 5.74) is 5.50. The minimum atomic E-state index is -0.0392. The number of nitriles is 1. The van der Waals surface area contributed by atoms with Crippen molar-refractivity contribution in [1.29, 1.82) is 5.26 Å². The zero-order chi connectivity index (χ0) is 21.7. The van der Waals surface area contributed by atoms with E-state index in [1.807, 2.05) is 66.7 Å². The summed E-state index contributed by atoms with van der Waals surface area (Å²) in [4.78, 5) is 18.5. The van der Waals surface area contributed by atoms with Crippen molar-refractivity contribution in [3.8, 4) is 6.07 Å². The summed E-state index contributed by atoms with van der Waals surface area (Å²) in [5.74, 6) is 0. The molecule has 0 bridgehead atoms. The highest BCUT2D eigenvalue weighted by Crippen LogP contribution is 2.23. The minimum Gasteiger partial charge on any atom is -0.342 e. The normalized spacial score (nSPS) is 12.2. The maximum absolute atomic E-state index is 13.2. The molecule has 0 amide bonds. The van der Waals surface area contributed by atoms with Gasteiger partial charge in [0.25, 0.3) is 5.56 Å². The average molecular weight is 433 g/mol. The third-order valence-electron chi connectivity index (χ3n) is 5.69. The number of para-hydroxylation sites is 3. The van der Waals surface area contributed by atoms with E-state index in [0.29, 0.717) is 21.6 Å². The molecule has 6 heteroatoms. The quantitative estimate of drug-likeness (QED) is 0.418. The van der Waals surface area contributed by atoms with E-state index in [0.717, 1.165) is 33.1 Å². The van der Waals surface area contributed by atoms with Crippen LogP contribution in [0.15, 0.2) is 83.8 Å². The predicted molar refractivity (Wildman–Crippen MR) is 128 cm³/mol. The molecule has 0 aliphatic heterocycles. The molecule has 0 saturated carbocycles. The van der Waals surface area contributed by atoms with Gasteiger partial charge >= 0.3 is 0 Å². The topological polar surface area (TPSA) is 63.1 Å². The van der Waals surface area contributed by atoms with Gasteiger partial charge in [0, 0.05) is 29.2 Å². The van der Waals surface area contributed by atoms with Crippen LogP contribution in [0.1, 0.15) is 16.7 Å². The molecule has 0 aliphatic rings. The summed E-state index contributed by atoms with van der Waals surface area (Å²) in [7, 11) is 0. The Morgan fingerprint density at radius 3 is 2.53 bits per heavy atom. The molecule has 0 fully saturated rings. The Kier molecular flexibility index (Phi) is 4.17. The number of benzene rings is 3. The van der Waals surface area contributed by atoms with Crippen LogP contribution in [0, 0.1) is 11.3 Å². The van der Waals surface area contributed by atoms with Crippen molar-refractivity contribution in [1.82, 2.24) is 14.0 Å². The van der Waals surface area contributed by atoms with E-state index in [1.54, 1.807) is 4.40 Å². The highest BCUT2D eigenvalue weighted by Gasteiger charge is 2.12. The number of thiazole rings is 1. The molecule has 0 atom stereocenters. The summed E-state index contributed by atoms with van der Waals surface area (Å²) in [6.45, 7) is 0.683. The van der Waals surface area contributed by atoms with Gasteiger partial charge in [0.1, 0.15) is 0 Å². The number of hydrogen-bond acceptors (Lipinski definition) is 4. The Labute approximate surface area is 186 Å². The van der Waals surface area contributed by atoms with Crippen LogP contribution in [0.5, 0.6) is 0 Å². The summed E-state index contributed by atoms with van der Waals surface area (Å²) in [6.07, 6.45) is 4.05. The first-order valence-corrected chi connectivity index (χ1v) is 11.0. The number of rotatable bonds is 3.